The van der Waals surface area contributed by atoms with Gasteiger partial charge < -0.3 is 25.2 Å². The van der Waals surface area contributed by atoms with Gasteiger partial charge in [0.2, 0.25) is 0 Å². The van der Waals surface area contributed by atoms with Gasteiger partial charge in [-0.05, 0) is 63.4 Å². The molecule has 2 saturated carbocycles. The molecule has 0 saturated heterocycles. The quantitative estimate of drug-likeness (QED) is 0.357. The van der Waals surface area contributed by atoms with Crippen molar-refractivity contribution in [3.05, 3.63) is 28.8 Å². The number of rotatable bonds is 5. The monoisotopic (exact) mass is 486 g/mol. The van der Waals surface area contributed by atoms with Crippen LogP contribution in [0.15, 0.2) is 12.2 Å². The molecule has 1 heterocycles. The lowest BCUT2D eigenvalue weighted by Crippen LogP contribution is -2.66. The molecule has 35 heavy (non-hydrogen) atoms. The second-order valence-corrected chi connectivity index (χ2v) is 12.1. The van der Waals surface area contributed by atoms with E-state index in [1.165, 1.54) is 0 Å². The molecule has 4 rings (SSSR count). The highest BCUT2D eigenvalue weighted by Gasteiger charge is 2.65. The number of hydrogen-bond acceptors (Lipinski definition) is 7. The number of carbonyl (C=O) groups excluding carboxylic acids is 2. The topological polar surface area (TPSA) is 124 Å². The fourth-order valence-electron chi connectivity index (χ4n) is 7.23. The zero-order chi connectivity index (χ0) is 26.1. The third-order valence-corrected chi connectivity index (χ3v) is 9.12. The van der Waals surface area contributed by atoms with Crippen LogP contribution in [0.25, 0.3) is 0 Å². The summed E-state index contributed by atoms with van der Waals surface area (Å²) in [6.07, 6.45) is 3.04. The number of aromatic hydroxyl groups is 2. The first-order chi connectivity index (χ1) is 16.2. The lowest BCUT2D eigenvalue weighted by atomic mass is 9.47. The molecule has 0 spiro atoms. The van der Waals surface area contributed by atoms with E-state index in [2.05, 4.69) is 27.4 Å². The van der Waals surface area contributed by atoms with Gasteiger partial charge in [-0.1, -0.05) is 27.4 Å². The fourth-order valence-corrected chi connectivity index (χ4v) is 7.23. The van der Waals surface area contributed by atoms with Gasteiger partial charge in [0, 0.05) is 22.8 Å². The maximum Gasteiger partial charge on any atom is 0.157 e. The number of benzene rings is 1. The summed E-state index contributed by atoms with van der Waals surface area (Å²) in [5.41, 5.74) is -2.35. The van der Waals surface area contributed by atoms with E-state index >= 15 is 0 Å². The molecule has 1 aromatic carbocycles. The van der Waals surface area contributed by atoms with Crippen molar-refractivity contribution >= 4 is 12.6 Å². The number of fused-ring (bicyclic) bond motifs is 4. The summed E-state index contributed by atoms with van der Waals surface area (Å²) in [5.74, 6) is -1.84. The SMILES string of the molecule is C=C1CCC(C(C)(C)O)C2C3Oc4c(C=O)c(O)c(C=O)c(O)c4C(CC(C)C)C3(C)CCC12O. The van der Waals surface area contributed by atoms with Gasteiger partial charge in [-0.2, -0.15) is 0 Å². The highest BCUT2D eigenvalue weighted by Crippen LogP contribution is 2.66. The molecule has 1 aromatic rings. The molecule has 0 bridgehead atoms. The highest BCUT2D eigenvalue weighted by molar-refractivity contribution is 5.95. The van der Waals surface area contributed by atoms with Crippen molar-refractivity contribution < 1.29 is 34.8 Å². The maximum atomic E-state index is 12.1. The van der Waals surface area contributed by atoms with Crippen LogP contribution in [0, 0.1) is 23.2 Å². The Bertz CT molecular complexity index is 1070. The first kappa shape index (κ1) is 25.7. The number of aldehydes is 2. The Morgan fingerprint density at radius 1 is 1.14 bits per heavy atom. The first-order valence-corrected chi connectivity index (χ1v) is 12.5. The van der Waals surface area contributed by atoms with Gasteiger partial charge in [0.25, 0.3) is 0 Å². The zero-order valence-electron chi connectivity index (χ0n) is 21.3. The average Bonchev–Trinajstić information content (AvgIpc) is 2.75. The standard InChI is InChI=1S/C28H38O7/c1-14(2)11-19-20-23(32)16(12-29)22(31)17(13-30)24(20)35-25-21-18(26(4,5)33)8-7-15(3)28(21,34)10-9-27(19,25)6/h12-14,18-19,21,25,31-34H,3,7-11H2,1-2,4-6H3. The molecular formula is C28H38O7. The van der Waals surface area contributed by atoms with Crippen LogP contribution >= 0.6 is 0 Å². The molecule has 7 nitrogen and oxygen atoms in total. The Balaban J connectivity index is 2.02. The number of phenols is 2. The van der Waals surface area contributed by atoms with Crippen molar-refractivity contribution in [2.45, 2.75) is 89.9 Å². The summed E-state index contributed by atoms with van der Waals surface area (Å²) < 4.78 is 6.56. The summed E-state index contributed by atoms with van der Waals surface area (Å²) in [6.45, 7) is 13.9. The molecule has 192 valence electrons. The first-order valence-electron chi connectivity index (χ1n) is 12.5. The van der Waals surface area contributed by atoms with Crippen LogP contribution in [0.2, 0.25) is 0 Å². The summed E-state index contributed by atoms with van der Waals surface area (Å²) in [5, 5.41) is 44.9. The number of carbonyl (C=O) groups is 2. The van der Waals surface area contributed by atoms with E-state index in [-0.39, 0.29) is 40.4 Å². The van der Waals surface area contributed by atoms with Crippen LogP contribution < -0.4 is 4.74 Å². The summed E-state index contributed by atoms with van der Waals surface area (Å²) in [7, 11) is 0. The van der Waals surface area contributed by atoms with E-state index in [1.807, 2.05) is 0 Å². The minimum Gasteiger partial charge on any atom is -0.507 e. The minimum atomic E-state index is -1.25. The fraction of sp³-hybridized carbons (Fsp3) is 0.643. The van der Waals surface area contributed by atoms with E-state index in [9.17, 15) is 30.0 Å². The Hall–Kier alpha value is -2.38. The van der Waals surface area contributed by atoms with Crippen molar-refractivity contribution in [3.8, 4) is 17.2 Å². The Labute approximate surface area is 206 Å². The zero-order valence-corrected chi connectivity index (χ0v) is 21.3. The Morgan fingerprint density at radius 3 is 2.31 bits per heavy atom. The molecule has 7 heteroatoms. The van der Waals surface area contributed by atoms with Gasteiger partial charge in [0.15, 0.2) is 12.6 Å². The predicted octanol–water partition coefficient (Wildman–Crippen LogP) is 4.50. The van der Waals surface area contributed by atoms with Crippen LogP contribution in [0.1, 0.15) is 98.9 Å². The molecule has 0 aromatic heterocycles. The van der Waals surface area contributed by atoms with Crippen molar-refractivity contribution in [1.82, 2.24) is 0 Å². The van der Waals surface area contributed by atoms with E-state index in [4.69, 9.17) is 4.74 Å². The summed E-state index contributed by atoms with van der Waals surface area (Å²) >= 11 is 0. The van der Waals surface area contributed by atoms with Gasteiger partial charge >= 0.3 is 0 Å². The van der Waals surface area contributed by atoms with Gasteiger partial charge in [0.1, 0.15) is 23.4 Å². The molecule has 4 N–H and O–H groups in total. The molecule has 2 fully saturated rings. The molecule has 6 atom stereocenters. The number of ether oxygens (including phenoxy) is 1. The van der Waals surface area contributed by atoms with Crippen molar-refractivity contribution in [1.29, 1.82) is 0 Å². The Morgan fingerprint density at radius 2 is 1.77 bits per heavy atom. The second kappa shape index (κ2) is 8.34. The van der Waals surface area contributed by atoms with Crippen LogP contribution in [0.5, 0.6) is 17.2 Å². The van der Waals surface area contributed by atoms with Gasteiger partial charge in [-0.25, -0.2) is 0 Å². The number of aliphatic hydroxyl groups is 2. The predicted molar refractivity (Wildman–Crippen MR) is 131 cm³/mol. The van der Waals surface area contributed by atoms with Crippen LogP contribution in [0.3, 0.4) is 0 Å². The third-order valence-electron chi connectivity index (χ3n) is 9.12. The minimum absolute atomic E-state index is 0.0589. The normalized spacial score (nSPS) is 34.5. The van der Waals surface area contributed by atoms with E-state index in [1.54, 1.807) is 13.8 Å². The van der Waals surface area contributed by atoms with E-state index in [0.29, 0.717) is 50.2 Å². The van der Waals surface area contributed by atoms with Gasteiger partial charge in [-0.3, -0.25) is 9.59 Å². The third kappa shape index (κ3) is 3.61. The summed E-state index contributed by atoms with van der Waals surface area (Å²) in [4.78, 5) is 23.9. The average molecular weight is 487 g/mol. The molecule has 0 amide bonds. The second-order valence-electron chi connectivity index (χ2n) is 12.1. The molecule has 0 radical (unpaired) electrons. The van der Waals surface area contributed by atoms with Crippen LogP contribution in [-0.2, 0) is 0 Å². The smallest absolute Gasteiger partial charge is 0.157 e. The summed E-state index contributed by atoms with van der Waals surface area (Å²) in [6, 6.07) is 0. The largest absolute Gasteiger partial charge is 0.507 e. The van der Waals surface area contributed by atoms with Gasteiger partial charge in [-0.15, -0.1) is 0 Å². The maximum absolute atomic E-state index is 12.1. The van der Waals surface area contributed by atoms with E-state index < -0.39 is 34.4 Å². The molecule has 2 aliphatic carbocycles. The van der Waals surface area contributed by atoms with Gasteiger partial charge in [0.05, 0.1) is 22.3 Å². The van der Waals surface area contributed by atoms with Crippen LogP contribution in [0.4, 0.5) is 0 Å². The highest BCUT2D eigenvalue weighted by atomic mass is 16.5. The number of phenolic OH excluding ortho intramolecular Hbond substituents is 2. The molecule has 3 aliphatic rings. The molecule has 6 unspecified atom stereocenters. The lowest BCUT2D eigenvalue weighted by molar-refractivity contribution is -0.199. The van der Waals surface area contributed by atoms with Crippen molar-refractivity contribution in [2.24, 2.45) is 23.2 Å². The van der Waals surface area contributed by atoms with Crippen LogP contribution in [-0.4, -0.2) is 50.3 Å². The Kier molecular flexibility index (Phi) is 6.13. The number of hydrogen-bond donors (Lipinski definition) is 4. The van der Waals surface area contributed by atoms with Crippen molar-refractivity contribution in [2.75, 3.05) is 0 Å². The molecule has 1 aliphatic heterocycles. The van der Waals surface area contributed by atoms with E-state index in [0.717, 1.165) is 5.57 Å². The molecular weight excluding hydrogens is 448 g/mol. The lowest BCUT2D eigenvalue weighted by Gasteiger charge is -2.63. The van der Waals surface area contributed by atoms with Crippen molar-refractivity contribution in [3.63, 3.8) is 0 Å².